The molecule has 4 N–H and O–H groups in total. The van der Waals surface area contributed by atoms with Gasteiger partial charge in [-0.05, 0) is 57.6 Å². The van der Waals surface area contributed by atoms with Crippen molar-refractivity contribution in [2.45, 2.75) is 98.1 Å². The van der Waals surface area contributed by atoms with Crippen molar-refractivity contribution >= 4 is 35.2 Å². The van der Waals surface area contributed by atoms with Crippen LogP contribution in [-0.2, 0) is 23.9 Å². The minimum Gasteiger partial charge on any atom is -0.444 e. The maximum atomic E-state index is 13.8. The molecular weight excluding hydrogens is 610 g/mol. The fraction of sp³-hybridized carbons (Fsp3) is 0.606. The number of rotatable bonds is 12. The van der Waals surface area contributed by atoms with Gasteiger partial charge in [-0.3, -0.25) is 14.4 Å². The van der Waals surface area contributed by atoms with Gasteiger partial charge in [0.1, 0.15) is 24.3 Å². The maximum Gasteiger partial charge on any atom is 0.407 e. The Morgan fingerprint density at radius 1 is 1.09 bits per heavy atom. The summed E-state index contributed by atoms with van der Waals surface area (Å²) in [6, 6.07) is 5.71. The van der Waals surface area contributed by atoms with Gasteiger partial charge in [0, 0.05) is 26.1 Å². The predicted molar refractivity (Wildman–Crippen MR) is 176 cm³/mol. The Labute approximate surface area is 275 Å². The van der Waals surface area contributed by atoms with Crippen LogP contribution in [0.5, 0.6) is 0 Å². The number of β-amino-alcohol motifs (C(OH)–C–C–N with tert-alkyl or cyclic N) is 1. The van der Waals surface area contributed by atoms with Gasteiger partial charge in [-0.1, -0.05) is 45.0 Å². The Morgan fingerprint density at radius 2 is 1.76 bits per heavy atom. The average Bonchev–Trinajstić information content (AvgIpc) is 3.57. The number of aromatic nitrogens is 1. The lowest BCUT2D eigenvalue weighted by Crippen LogP contribution is -2.58. The highest BCUT2D eigenvalue weighted by atomic mass is 32.1. The average molecular weight is 660 g/mol. The van der Waals surface area contributed by atoms with Gasteiger partial charge in [0.25, 0.3) is 0 Å². The van der Waals surface area contributed by atoms with Crippen molar-refractivity contribution in [3.63, 3.8) is 0 Å². The summed E-state index contributed by atoms with van der Waals surface area (Å²) in [5.74, 6) is -1.31. The van der Waals surface area contributed by atoms with Crippen LogP contribution in [0.4, 0.5) is 4.79 Å². The maximum absolute atomic E-state index is 13.8. The number of ether oxygens (including phenoxy) is 2. The third kappa shape index (κ3) is 10.8. The van der Waals surface area contributed by atoms with Crippen LogP contribution in [0.25, 0.3) is 10.4 Å². The number of alkyl carbamates (subject to hydrolysis) is 1. The van der Waals surface area contributed by atoms with Gasteiger partial charge < -0.3 is 35.4 Å². The molecule has 1 aliphatic heterocycles. The molecule has 4 atom stereocenters. The third-order valence-electron chi connectivity index (χ3n) is 7.43. The highest BCUT2D eigenvalue weighted by molar-refractivity contribution is 7.13. The zero-order valence-corrected chi connectivity index (χ0v) is 29.0. The number of likely N-dealkylation sites (tertiary alicyclic amines) is 1. The van der Waals surface area contributed by atoms with E-state index in [1.54, 1.807) is 32.1 Å². The normalized spacial score (nSPS) is 18.1. The number of thiazole rings is 1. The van der Waals surface area contributed by atoms with Gasteiger partial charge in [-0.25, -0.2) is 9.78 Å². The molecule has 4 amide bonds. The van der Waals surface area contributed by atoms with Crippen LogP contribution >= 0.6 is 11.3 Å². The van der Waals surface area contributed by atoms with Crippen LogP contribution in [0.15, 0.2) is 29.8 Å². The predicted octanol–water partition coefficient (Wildman–Crippen LogP) is 3.72. The molecule has 2 heterocycles. The number of benzene rings is 1. The Bertz CT molecular complexity index is 1350. The van der Waals surface area contributed by atoms with Crippen molar-refractivity contribution in [1.82, 2.24) is 25.8 Å². The first-order valence-corrected chi connectivity index (χ1v) is 16.5. The second-order valence-corrected chi connectivity index (χ2v) is 14.6. The number of hydrogen-bond donors (Lipinski definition) is 4. The van der Waals surface area contributed by atoms with Gasteiger partial charge in [0.2, 0.25) is 17.7 Å². The molecule has 254 valence electrons. The van der Waals surface area contributed by atoms with E-state index in [-0.39, 0.29) is 38.1 Å². The van der Waals surface area contributed by atoms with Gasteiger partial charge in [0.05, 0.1) is 28.2 Å². The van der Waals surface area contributed by atoms with E-state index in [1.165, 1.54) is 4.90 Å². The molecule has 12 nitrogen and oxygen atoms in total. The second-order valence-electron chi connectivity index (χ2n) is 13.7. The number of amides is 4. The molecule has 1 aromatic heterocycles. The standard InChI is InChI=1S/C33H49N5O7S/c1-20(22-10-12-23(13-11-22)27-21(2)35-19-46-27)36-29(41)25-16-24(39)17-38(25)30(42)28(32(3,4)5)37-26(40)18-44-15-9-14-34-31(43)45-33(6,7)8/h10-13,19-20,24-25,28,39H,9,14-18H2,1-8H3,(H,34,43)(H,36,41)(H,37,40)/t20-,24+,25-,28?/m0/s1. The smallest absolute Gasteiger partial charge is 0.407 e. The monoisotopic (exact) mass is 659 g/mol. The van der Waals surface area contributed by atoms with Gasteiger partial charge in [-0.15, -0.1) is 11.3 Å². The van der Waals surface area contributed by atoms with Crippen LogP contribution in [0.3, 0.4) is 0 Å². The number of nitrogens with one attached hydrogen (secondary N) is 3. The fourth-order valence-corrected chi connectivity index (χ4v) is 5.87. The van der Waals surface area contributed by atoms with Crippen LogP contribution in [0.2, 0.25) is 0 Å². The molecule has 1 aromatic carbocycles. The number of nitrogens with zero attached hydrogens (tertiary/aromatic N) is 2. The number of carbonyl (C=O) groups is 4. The highest BCUT2D eigenvalue weighted by Crippen LogP contribution is 2.29. The fourth-order valence-electron chi connectivity index (χ4n) is 5.06. The van der Waals surface area contributed by atoms with E-state index in [0.29, 0.717) is 13.0 Å². The topological polar surface area (TPSA) is 159 Å². The molecule has 1 unspecified atom stereocenters. The summed E-state index contributed by atoms with van der Waals surface area (Å²) in [6.45, 7) is 14.9. The first-order chi connectivity index (χ1) is 21.5. The van der Waals surface area contributed by atoms with E-state index < -0.39 is 47.1 Å². The summed E-state index contributed by atoms with van der Waals surface area (Å²) < 4.78 is 10.6. The molecule has 0 radical (unpaired) electrons. The number of aliphatic hydroxyl groups excluding tert-OH is 1. The van der Waals surface area contributed by atoms with Gasteiger partial charge >= 0.3 is 6.09 Å². The van der Waals surface area contributed by atoms with E-state index in [4.69, 9.17) is 9.47 Å². The van der Waals surface area contributed by atoms with Crippen molar-refractivity contribution in [2.75, 3.05) is 26.3 Å². The lowest BCUT2D eigenvalue weighted by atomic mass is 9.85. The Balaban J connectivity index is 1.55. The molecular formula is C33H49N5O7S. The lowest BCUT2D eigenvalue weighted by molar-refractivity contribution is -0.144. The molecule has 0 saturated carbocycles. The van der Waals surface area contributed by atoms with Crippen molar-refractivity contribution in [1.29, 1.82) is 0 Å². The Morgan fingerprint density at radius 3 is 2.35 bits per heavy atom. The van der Waals surface area contributed by atoms with Gasteiger partial charge in [-0.2, -0.15) is 0 Å². The Kier molecular flexibility index (Phi) is 12.7. The van der Waals surface area contributed by atoms with Crippen LogP contribution in [0.1, 0.15) is 78.6 Å². The highest BCUT2D eigenvalue weighted by Gasteiger charge is 2.44. The Hall–Kier alpha value is -3.55. The van der Waals surface area contributed by atoms with Crippen LogP contribution in [0, 0.1) is 12.3 Å². The minimum atomic E-state index is -0.960. The molecule has 2 aromatic rings. The quantitative estimate of drug-likeness (QED) is 0.251. The first kappa shape index (κ1) is 36.9. The molecule has 1 saturated heterocycles. The summed E-state index contributed by atoms with van der Waals surface area (Å²) >= 11 is 1.57. The molecule has 1 aliphatic rings. The van der Waals surface area contributed by atoms with Crippen molar-refractivity contribution < 1.29 is 33.8 Å². The van der Waals surface area contributed by atoms with Crippen LogP contribution in [-0.4, -0.2) is 88.9 Å². The van der Waals surface area contributed by atoms with Crippen molar-refractivity contribution in [2.24, 2.45) is 5.41 Å². The van der Waals surface area contributed by atoms with E-state index in [2.05, 4.69) is 20.9 Å². The van der Waals surface area contributed by atoms with E-state index >= 15 is 0 Å². The molecule has 46 heavy (non-hydrogen) atoms. The summed E-state index contributed by atoms with van der Waals surface area (Å²) in [4.78, 5) is 58.6. The summed E-state index contributed by atoms with van der Waals surface area (Å²) in [6.07, 6.45) is -0.836. The zero-order chi connectivity index (χ0) is 34.2. The molecule has 3 rings (SSSR count). The molecule has 1 fully saturated rings. The van der Waals surface area contributed by atoms with Crippen LogP contribution < -0.4 is 16.0 Å². The van der Waals surface area contributed by atoms with Crippen molar-refractivity contribution in [3.05, 3.63) is 41.0 Å². The summed E-state index contributed by atoms with van der Waals surface area (Å²) in [5, 5.41) is 18.9. The number of hydrogen-bond acceptors (Lipinski definition) is 9. The molecule has 0 aliphatic carbocycles. The second kappa shape index (κ2) is 15.8. The van der Waals surface area contributed by atoms with Gasteiger partial charge in [0.15, 0.2) is 0 Å². The van der Waals surface area contributed by atoms with E-state index in [1.807, 2.05) is 64.4 Å². The third-order valence-corrected chi connectivity index (χ3v) is 8.40. The molecule has 0 bridgehead atoms. The van der Waals surface area contributed by atoms with Crippen molar-refractivity contribution in [3.8, 4) is 10.4 Å². The molecule has 13 heteroatoms. The summed E-state index contributed by atoms with van der Waals surface area (Å²) in [5.41, 5.74) is 3.44. The number of carbonyl (C=O) groups excluding carboxylic acids is 4. The summed E-state index contributed by atoms with van der Waals surface area (Å²) in [7, 11) is 0. The lowest BCUT2D eigenvalue weighted by Gasteiger charge is -2.35. The van der Waals surface area contributed by atoms with E-state index in [9.17, 15) is 24.3 Å². The first-order valence-electron chi connectivity index (χ1n) is 15.6. The number of aliphatic hydroxyl groups is 1. The molecule has 0 spiro atoms. The minimum absolute atomic E-state index is 0.0161. The van der Waals surface area contributed by atoms with E-state index in [0.717, 1.165) is 21.7 Å². The number of aryl methyl sites for hydroxylation is 1. The zero-order valence-electron chi connectivity index (χ0n) is 28.1. The largest absolute Gasteiger partial charge is 0.444 e. The SMILES string of the molecule is Cc1ncsc1-c1ccc([C@H](C)NC(=O)[C@@H]2C[C@@H](O)CN2C(=O)C(NC(=O)COCCCNC(=O)OC(C)(C)C)C(C)(C)C)cc1.